The number of carbonyl (C=O) groups is 2. The highest BCUT2D eigenvalue weighted by Crippen LogP contribution is 2.22. The maximum Gasteiger partial charge on any atom is 0.323 e. The molecule has 8 heteroatoms. The summed E-state index contributed by atoms with van der Waals surface area (Å²) in [5.41, 5.74) is 1.77. The highest BCUT2D eigenvalue weighted by molar-refractivity contribution is 9.10. The molecular formula is C16H17BrN4O2S. The first kappa shape index (κ1) is 16.9. The van der Waals surface area contributed by atoms with Crippen molar-refractivity contribution in [3.05, 3.63) is 45.4 Å². The molecule has 2 aromatic rings. The molecule has 3 amide bonds. The summed E-state index contributed by atoms with van der Waals surface area (Å²) < 4.78 is 1.01. The minimum absolute atomic E-state index is 0.000595. The third-order valence-electron chi connectivity index (χ3n) is 3.72. The zero-order chi connectivity index (χ0) is 17.1. The van der Waals surface area contributed by atoms with Crippen molar-refractivity contribution in [2.75, 3.05) is 25.0 Å². The predicted octanol–water partition coefficient (Wildman–Crippen LogP) is 2.64. The molecule has 0 bridgehead atoms. The molecule has 0 radical (unpaired) electrons. The summed E-state index contributed by atoms with van der Waals surface area (Å²) in [4.78, 5) is 31.7. The van der Waals surface area contributed by atoms with Gasteiger partial charge in [0.25, 0.3) is 0 Å². The van der Waals surface area contributed by atoms with E-state index in [-0.39, 0.29) is 18.4 Å². The van der Waals surface area contributed by atoms with Crippen LogP contribution in [0, 0.1) is 0 Å². The number of carbonyl (C=O) groups excluding carboxylic acids is 2. The van der Waals surface area contributed by atoms with Gasteiger partial charge in [0.2, 0.25) is 5.91 Å². The number of urea groups is 1. The number of halogens is 1. The van der Waals surface area contributed by atoms with Gasteiger partial charge in [0, 0.05) is 36.5 Å². The second-order valence-electron chi connectivity index (χ2n) is 5.56. The third kappa shape index (κ3) is 3.93. The fraction of sp³-hybridized carbons (Fsp3) is 0.312. The number of amides is 3. The first-order chi connectivity index (χ1) is 11.5. The molecule has 0 atom stereocenters. The number of anilines is 1. The van der Waals surface area contributed by atoms with Crippen LogP contribution in [0.5, 0.6) is 0 Å². The number of likely N-dealkylation sites (N-methyl/N-ethyl adjacent to an activating group) is 1. The van der Waals surface area contributed by atoms with E-state index in [1.165, 1.54) is 11.3 Å². The van der Waals surface area contributed by atoms with Gasteiger partial charge in [-0.05, 0) is 17.7 Å². The Morgan fingerprint density at radius 1 is 1.42 bits per heavy atom. The molecule has 1 aliphatic heterocycles. The molecule has 1 aliphatic rings. The number of thiazole rings is 1. The quantitative estimate of drug-likeness (QED) is 0.826. The molecule has 0 saturated carbocycles. The van der Waals surface area contributed by atoms with E-state index in [0.29, 0.717) is 30.5 Å². The molecule has 6 nitrogen and oxygen atoms in total. The van der Waals surface area contributed by atoms with Crippen molar-refractivity contribution in [3.8, 4) is 0 Å². The lowest BCUT2D eigenvalue weighted by Gasteiger charge is -2.17. The van der Waals surface area contributed by atoms with Crippen LogP contribution < -0.4 is 10.2 Å². The van der Waals surface area contributed by atoms with Crippen LogP contribution in [-0.2, 0) is 17.8 Å². The Bertz CT molecular complexity index is 747. The minimum Gasteiger partial charge on any atom is -0.341 e. The minimum atomic E-state index is -0.130. The van der Waals surface area contributed by atoms with E-state index < -0.39 is 0 Å². The second-order valence-corrected chi connectivity index (χ2v) is 7.31. The molecule has 1 aromatic heterocycles. The monoisotopic (exact) mass is 408 g/mol. The van der Waals surface area contributed by atoms with Crippen molar-refractivity contribution in [2.24, 2.45) is 0 Å². The number of rotatable bonds is 5. The van der Waals surface area contributed by atoms with Gasteiger partial charge in [0.05, 0.1) is 12.1 Å². The lowest BCUT2D eigenvalue weighted by atomic mass is 10.2. The molecule has 0 unspecified atom stereocenters. The zero-order valence-electron chi connectivity index (χ0n) is 13.2. The van der Waals surface area contributed by atoms with Gasteiger partial charge in [0.15, 0.2) is 5.13 Å². The first-order valence-electron chi connectivity index (χ1n) is 7.51. The van der Waals surface area contributed by atoms with Crippen molar-refractivity contribution in [1.82, 2.24) is 15.2 Å². The van der Waals surface area contributed by atoms with E-state index in [1.807, 2.05) is 29.6 Å². The highest BCUT2D eigenvalue weighted by atomic mass is 79.9. The van der Waals surface area contributed by atoms with Crippen molar-refractivity contribution in [2.45, 2.75) is 13.0 Å². The van der Waals surface area contributed by atoms with Crippen LogP contribution in [0.4, 0.5) is 9.93 Å². The van der Waals surface area contributed by atoms with Gasteiger partial charge in [0.1, 0.15) is 0 Å². The average molecular weight is 409 g/mol. The maximum absolute atomic E-state index is 12.4. The summed E-state index contributed by atoms with van der Waals surface area (Å²) in [6.07, 6.45) is 0.235. The lowest BCUT2D eigenvalue weighted by Crippen LogP contribution is -2.28. The summed E-state index contributed by atoms with van der Waals surface area (Å²) in [5, 5.41) is 5.22. The summed E-state index contributed by atoms with van der Waals surface area (Å²) in [6.45, 7) is 1.80. The topological polar surface area (TPSA) is 65.5 Å². The van der Waals surface area contributed by atoms with Gasteiger partial charge >= 0.3 is 6.03 Å². The molecule has 1 saturated heterocycles. The van der Waals surface area contributed by atoms with Crippen molar-refractivity contribution < 1.29 is 9.59 Å². The summed E-state index contributed by atoms with van der Waals surface area (Å²) >= 11 is 4.79. The van der Waals surface area contributed by atoms with E-state index in [9.17, 15) is 9.59 Å². The van der Waals surface area contributed by atoms with Crippen LogP contribution in [0.3, 0.4) is 0 Å². The Kier molecular flexibility index (Phi) is 5.15. The van der Waals surface area contributed by atoms with Crippen LogP contribution in [0.25, 0.3) is 0 Å². The number of benzene rings is 1. The fourth-order valence-corrected chi connectivity index (χ4v) is 3.51. The fourth-order valence-electron chi connectivity index (χ4n) is 2.40. The van der Waals surface area contributed by atoms with E-state index in [2.05, 4.69) is 26.2 Å². The number of nitrogens with one attached hydrogen (secondary N) is 1. The van der Waals surface area contributed by atoms with Crippen molar-refractivity contribution in [1.29, 1.82) is 0 Å². The van der Waals surface area contributed by atoms with Gasteiger partial charge in [-0.1, -0.05) is 28.1 Å². The molecule has 1 fully saturated rings. The molecule has 0 aliphatic carbocycles. The highest BCUT2D eigenvalue weighted by Gasteiger charge is 2.24. The van der Waals surface area contributed by atoms with Crippen LogP contribution in [0.2, 0.25) is 0 Å². The Balaban J connectivity index is 1.59. The predicted molar refractivity (Wildman–Crippen MR) is 97.2 cm³/mol. The largest absolute Gasteiger partial charge is 0.341 e. The van der Waals surface area contributed by atoms with Gasteiger partial charge in [-0.2, -0.15) is 0 Å². The van der Waals surface area contributed by atoms with Gasteiger partial charge in [-0.15, -0.1) is 11.3 Å². The SMILES string of the molecule is CN(Cc1ccc(Br)cc1)C(=O)Cc1csc(N2CCNC2=O)n1. The summed E-state index contributed by atoms with van der Waals surface area (Å²) in [6, 6.07) is 7.76. The lowest BCUT2D eigenvalue weighted by molar-refractivity contribution is -0.129. The standard InChI is InChI=1S/C16H17BrN4O2S/c1-20(9-11-2-4-12(17)5-3-11)14(22)8-13-10-24-16(19-13)21-7-6-18-15(21)23/h2-5,10H,6-9H2,1H3,(H,18,23). The zero-order valence-corrected chi connectivity index (χ0v) is 15.6. The molecule has 24 heavy (non-hydrogen) atoms. The van der Waals surface area contributed by atoms with Gasteiger partial charge in [-0.3, -0.25) is 9.69 Å². The Morgan fingerprint density at radius 2 is 2.17 bits per heavy atom. The number of nitrogens with zero attached hydrogens (tertiary/aromatic N) is 3. The molecule has 2 heterocycles. The normalized spacial score (nSPS) is 13.9. The molecule has 3 rings (SSSR count). The number of hydrogen-bond donors (Lipinski definition) is 1. The molecule has 1 aromatic carbocycles. The first-order valence-corrected chi connectivity index (χ1v) is 9.18. The van der Waals surface area contributed by atoms with Crippen molar-refractivity contribution >= 4 is 44.3 Å². The third-order valence-corrected chi connectivity index (χ3v) is 5.16. The number of hydrogen-bond acceptors (Lipinski definition) is 4. The van der Waals surface area contributed by atoms with E-state index in [0.717, 1.165) is 10.0 Å². The maximum atomic E-state index is 12.4. The van der Waals surface area contributed by atoms with E-state index >= 15 is 0 Å². The van der Waals surface area contributed by atoms with E-state index in [4.69, 9.17) is 0 Å². The summed E-state index contributed by atoms with van der Waals surface area (Å²) in [7, 11) is 1.78. The van der Waals surface area contributed by atoms with Crippen LogP contribution in [0.1, 0.15) is 11.3 Å². The Hall–Kier alpha value is -1.93. The number of aromatic nitrogens is 1. The second kappa shape index (κ2) is 7.31. The summed E-state index contributed by atoms with van der Waals surface area (Å²) in [5.74, 6) is 0.000595. The smallest absolute Gasteiger partial charge is 0.323 e. The molecule has 1 N–H and O–H groups in total. The van der Waals surface area contributed by atoms with Gasteiger partial charge < -0.3 is 10.2 Å². The molecule has 126 valence electrons. The molecular weight excluding hydrogens is 392 g/mol. The Labute approximate surface area is 152 Å². The van der Waals surface area contributed by atoms with Gasteiger partial charge in [-0.25, -0.2) is 9.78 Å². The van der Waals surface area contributed by atoms with Crippen LogP contribution >= 0.6 is 27.3 Å². The Morgan fingerprint density at radius 3 is 2.83 bits per heavy atom. The van der Waals surface area contributed by atoms with E-state index in [1.54, 1.807) is 16.8 Å². The van der Waals surface area contributed by atoms with Crippen molar-refractivity contribution in [3.63, 3.8) is 0 Å². The van der Waals surface area contributed by atoms with Crippen LogP contribution in [-0.4, -0.2) is 42.0 Å². The van der Waals surface area contributed by atoms with Crippen LogP contribution in [0.15, 0.2) is 34.1 Å². The average Bonchev–Trinajstić information content (AvgIpc) is 3.18. The molecule has 0 spiro atoms.